The molecule has 0 spiro atoms. The van der Waals surface area contributed by atoms with E-state index >= 15 is 0 Å². The predicted octanol–water partition coefficient (Wildman–Crippen LogP) is 0.588. The van der Waals surface area contributed by atoms with E-state index in [9.17, 15) is 4.79 Å². The molecule has 0 heterocycles. The normalized spacial score (nSPS) is 46.3. The molecule has 0 saturated heterocycles. The van der Waals surface area contributed by atoms with Crippen molar-refractivity contribution in [2.45, 2.75) is 32.2 Å². The summed E-state index contributed by atoms with van der Waals surface area (Å²) in [5.74, 6) is -0.726. The third kappa shape index (κ3) is 1.01. The molecule has 0 aromatic carbocycles. The first-order chi connectivity index (χ1) is 4.36. The number of carboxylic acids is 1. The lowest BCUT2D eigenvalue weighted by atomic mass is 9.59. The number of hydrogen-bond acceptors (Lipinski definition) is 2. The van der Waals surface area contributed by atoms with Crippen LogP contribution in [0.15, 0.2) is 0 Å². The standard InChI is InChI=1S/C7H13NO2/c1-6(5(9)10)3-7(2,8)4-6/h3-4,8H2,1-2H3,(H,9,10). The quantitative estimate of drug-likeness (QED) is 0.564. The fourth-order valence-corrected chi connectivity index (χ4v) is 1.88. The van der Waals surface area contributed by atoms with Gasteiger partial charge >= 0.3 is 5.97 Å². The van der Waals surface area contributed by atoms with Crippen molar-refractivity contribution in [2.24, 2.45) is 11.1 Å². The van der Waals surface area contributed by atoms with Crippen LogP contribution in [-0.4, -0.2) is 16.6 Å². The zero-order valence-corrected chi connectivity index (χ0v) is 6.35. The van der Waals surface area contributed by atoms with E-state index in [2.05, 4.69) is 0 Å². The van der Waals surface area contributed by atoms with Crippen LogP contribution in [-0.2, 0) is 4.79 Å². The second kappa shape index (κ2) is 1.72. The lowest BCUT2D eigenvalue weighted by Gasteiger charge is -2.47. The van der Waals surface area contributed by atoms with Gasteiger partial charge in [-0.25, -0.2) is 0 Å². The third-order valence-corrected chi connectivity index (χ3v) is 2.10. The van der Waals surface area contributed by atoms with Crippen molar-refractivity contribution in [2.75, 3.05) is 0 Å². The first-order valence-electron chi connectivity index (χ1n) is 3.38. The Morgan fingerprint density at radius 1 is 1.50 bits per heavy atom. The number of carboxylic acid groups (broad SMARTS) is 1. The lowest BCUT2D eigenvalue weighted by Crippen LogP contribution is -2.57. The van der Waals surface area contributed by atoms with Crippen LogP contribution in [0.5, 0.6) is 0 Å². The van der Waals surface area contributed by atoms with Gasteiger partial charge in [-0.1, -0.05) is 0 Å². The van der Waals surface area contributed by atoms with Gasteiger partial charge < -0.3 is 10.8 Å². The molecule has 1 rings (SSSR count). The maximum atomic E-state index is 10.5. The second-order valence-corrected chi connectivity index (χ2v) is 3.87. The van der Waals surface area contributed by atoms with Gasteiger partial charge in [0.2, 0.25) is 0 Å². The maximum absolute atomic E-state index is 10.5. The molecule has 58 valence electrons. The van der Waals surface area contributed by atoms with E-state index in [0.29, 0.717) is 12.8 Å². The summed E-state index contributed by atoms with van der Waals surface area (Å²) < 4.78 is 0. The van der Waals surface area contributed by atoms with Gasteiger partial charge in [-0.05, 0) is 26.7 Å². The molecule has 0 radical (unpaired) electrons. The van der Waals surface area contributed by atoms with Crippen molar-refractivity contribution in [1.29, 1.82) is 0 Å². The van der Waals surface area contributed by atoms with Crippen molar-refractivity contribution < 1.29 is 9.90 Å². The molecule has 1 aliphatic rings. The van der Waals surface area contributed by atoms with Crippen LogP contribution >= 0.6 is 0 Å². The Morgan fingerprint density at radius 2 is 1.90 bits per heavy atom. The highest BCUT2D eigenvalue weighted by atomic mass is 16.4. The Kier molecular flexibility index (Phi) is 1.30. The van der Waals surface area contributed by atoms with Crippen molar-refractivity contribution in [3.63, 3.8) is 0 Å². The van der Waals surface area contributed by atoms with Crippen LogP contribution in [0, 0.1) is 5.41 Å². The lowest BCUT2D eigenvalue weighted by molar-refractivity contribution is -0.157. The Bertz CT molecular complexity index is 166. The number of rotatable bonds is 1. The maximum Gasteiger partial charge on any atom is 0.309 e. The highest BCUT2D eigenvalue weighted by molar-refractivity contribution is 5.76. The van der Waals surface area contributed by atoms with E-state index in [4.69, 9.17) is 10.8 Å². The molecule has 0 atom stereocenters. The molecule has 3 nitrogen and oxygen atoms in total. The smallest absolute Gasteiger partial charge is 0.309 e. The first-order valence-corrected chi connectivity index (χ1v) is 3.38. The number of carbonyl (C=O) groups is 1. The topological polar surface area (TPSA) is 63.3 Å². The van der Waals surface area contributed by atoms with Crippen LogP contribution in [0.3, 0.4) is 0 Å². The minimum Gasteiger partial charge on any atom is -0.481 e. The van der Waals surface area contributed by atoms with E-state index in [-0.39, 0.29) is 5.54 Å². The molecule has 0 unspecified atom stereocenters. The van der Waals surface area contributed by atoms with Crippen molar-refractivity contribution in [3.8, 4) is 0 Å². The second-order valence-electron chi connectivity index (χ2n) is 3.87. The summed E-state index contributed by atoms with van der Waals surface area (Å²) >= 11 is 0. The van der Waals surface area contributed by atoms with Crippen molar-refractivity contribution in [1.82, 2.24) is 0 Å². The Morgan fingerprint density at radius 3 is 2.00 bits per heavy atom. The summed E-state index contributed by atoms with van der Waals surface area (Å²) in [7, 11) is 0. The Hall–Kier alpha value is -0.570. The first kappa shape index (κ1) is 7.54. The highest BCUT2D eigenvalue weighted by Gasteiger charge is 2.51. The molecule has 0 bridgehead atoms. The summed E-state index contributed by atoms with van der Waals surface area (Å²) in [6, 6.07) is 0. The monoisotopic (exact) mass is 143 g/mol. The summed E-state index contributed by atoms with van der Waals surface area (Å²) in [5, 5.41) is 8.67. The summed E-state index contributed by atoms with van der Waals surface area (Å²) in [4.78, 5) is 10.5. The summed E-state index contributed by atoms with van der Waals surface area (Å²) in [5.41, 5.74) is 4.88. The fourth-order valence-electron chi connectivity index (χ4n) is 1.88. The van der Waals surface area contributed by atoms with Gasteiger partial charge in [0.1, 0.15) is 0 Å². The summed E-state index contributed by atoms with van der Waals surface area (Å²) in [6.45, 7) is 3.63. The van der Waals surface area contributed by atoms with Crippen LogP contribution < -0.4 is 5.73 Å². The number of hydrogen-bond donors (Lipinski definition) is 2. The Labute approximate surface area is 60.2 Å². The SMILES string of the molecule is CC1(N)CC(C)(C(=O)O)C1. The molecule has 1 saturated carbocycles. The minimum atomic E-state index is -0.726. The van der Waals surface area contributed by atoms with Crippen LogP contribution in [0.2, 0.25) is 0 Å². The highest BCUT2D eigenvalue weighted by Crippen LogP contribution is 2.46. The number of aliphatic carboxylic acids is 1. The predicted molar refractivity (Wildman–Crippen MR) is 37.6 cm³/mol. The van der Waals surface area contributed by atoms with Gasteiger partial charge in [0.25, 0.3) is 0 Å². The average Bonchev–Trinajstić information content (AvgIpc) is 1.59. The van der Waals surface area contributed by atoms with Gasteiger partial charge in [-0.3, -0.25) is 4.79 Å². The molecule has 0 amide bonds. The van der Waals surface area contributed by atoms with Crippen LogP contribution in [0.1, 0.15) is 26.7 Å². The van der Waals surface area contributed by atoms with Crippen LogP contribution in [0.25, 0.3) is 0 Å². The van der Waals surface area contributed by atoms with E-state index in [1.807, 2.05) is 6.92 Å². The molecular formula is C7H13NO2. The molecular weight excluding hydrogens is 130 g/mol. The van der Waals surface area contributed by atoms with Crippen molar-refractivity contribution >= 4 is 5.97 Å². The van der Waals surface area contributed by atoms with Gasteiger partial charge in [0, 0.05) is 5.54 Å². The van der Waals surface area contributed by atoms with E-state index in [1.165, 1.54) is 0 Å². The molecule has 10 heavy (non-hydrogen) atoms. The van der Waals surface area contributed by atoms with Gasteiger partial charge in [0.15, 0.2) is 0 Å². The minimum absolute atomic E-state index is 0.243. The Balaban J connectivity index is 2.58. The average molecular weight is 143 g/mol. The molecule has 0 aliphatic heterocycles. The van der Waals surface area contributed by atoms with Gasteiger partial charge in [-0.2, -0.15) is 0 Å². The fraction of sp³-hybridized carbons (Fsp3) is 0.857. The molecule has 0 aromatic rings. The largest absolute Gasteiger partial charge is 0.481 e. The molecule has 3 heteroatoms. The molecule has 0 aromatic heterocycles. The summed E-state index contributed by atoms with van der Waals surface area (Å²) in [6.07, 6.45) is 1.19. The van der Waals surface area contributed by atoms with E-state index in [1.54, 1.807) is 6.92 Å². The third-order valence-electron chi connectivity index (χ3n) is 2.10. The number of nitrogens with two attached hydrogens (primary N) is 1. The molecule has 3 N–H and O–H groups in total. The van der Waals surface area contributed by atoms with E-state index in [0.717, 1.165) is 0 Å². The van der Waals surface area contributed by atoms with Gasteiger partial charge in [0.05, 0.1) is 5.41 Å². The van der Waals surface area contributed by atoms with Crippen LogP contribution in [0.4, 0.5) is 0 Å². The molecule has 1 aliphatic carbocycles. The zero-order chi connectivity index (χ0) is 7.99. The zero-order valence-electron chi connectivity index (χ0n) is 6.35. The van der Waals surface area contributed by atoms with E-state index < -0.39 is 11.4 Å². The van der Waals surface area contributed by atoms with Crippen molar-refractivity contribution in [3.05, 3.63) is 0 Å². The van der Waals surface area contributed by atoms with Gasteiger partial charge in [-0.15, -0.1) is 0 Å². The molecule has 1 fully saturated rings.